The van der Waals surface area contributed by atoms with Crippen LogP contribution in [0.4, 0.5) is 5.82 Å². The number of pyridine rings is 2. The number of nitrogen functional groups attached to an aromatic ring is 1. The molecule has 1 aromatic carbocycles. The minimum absolute atomic E-state index is 0.413. The minimum Gasteiger partial charge on any atom is -0.452 e. The lowest BCUT2D eigenvalue weighted by Gasteiger charge is -2.02. The number of benzene rings is 1. The molecular weight excluding hydrogens is 250 g/mol. The van der Waals surface area contributed by atoms with Crippen molar-refractivity contribution >= 4 is 27.6 Å². The third-order valence-corrected chi connectivity index (χ3v) is 3.41. The molecule has 0 fully saturated rings. The molecular formula is C16H11N3O. The van der Waals surface area contributed by atoms with Gasteiger partial charge in [0, 0.05) is 34.9 Å². The van der Waals surface area contributed by atoms with Crippen LogP contribution in [0.25, 0.3) is 33.1 Å². The van der Waals surface area contributed by atoms with Gasteiger partial charge in [0.05, 0.1) is 0 Å². The van der Waals surface area contributed by atoms with E-state index in [4.69, 9.17) is 10.2 Å². The lowest BCUT2D eigenvalue weighted by atomic mass is 10.0. The number of aromatic nitrogens is 2. The fraction of sp³-hybridized carbons (Fsp3) is 0. The summed E-state index contributed by atoms with van der Waals surface area (Å²) >= 11 is 0. The number of nitrogens with two attached hydrogens (primary N) is 1. The van der Waals surface area contributed by atoms with E-state index in [0.717, 1.165) is 27.5 Å². The van der Waals surface area contributed by atoms with Crippen molar-refractivity contribution in [2.45, 2.75) is 0 Å². The highest BCUT2D eigenvalue weighted by molar-refractivity contribution is 5.98. The summed E-state index contributed by atoms with van der Waals surface area (Å²) in [6, 6.07) is 11.9. The van der Waals surface area contributed by atoms with Crippen molar-refractivity contribution < 1.29 is 4.42 Å². The zero-order chi connectivity index (χ0) is 13.5. The van der Waals surface area contributed by atoms with E-state index >= 15 is 0 Å². The maximum atomic E-state index is 5.89. The number of nitrogens with zero attached hydrogens (tertiary/aromatic N) is 2. The van der Waals surface area contributed by atoms with Gasteiger partial charge in [0.25, 0.3) is 0 Å². The monoisotopic (exact) mass is 261 g/mol. The molecule has 3 heterocycles. The summed E-state index contributed by atoms with van der Waals surface area (Å²) in [5.41, 5.74) is 7.51. The number of rotatable bonds is 1. The van der Waals surface area contributed by atoms with Crippen LogP contribution in [0.3, 0.4) is 0 Å². The first kappa shape index (κ1) is 11.0. The molecule has 96 valence electrons. The molecule has 4 aromatic rings. The van der Waals surface area contributed by atoms with Crippen molar-refractivity contribution in [3.8, 4) is 11.3 Å². The van der Waals surface area contributed by atoms with Gasteiger partial charge in [0.2, 0.25) is 0 Å². The van der Waals surface area contributed by atoms with Gasteiger partial charge in [-0.15, -0.1) is 0 Å². The second-order valence-electron chi connectivity index (χ2n) is 4.63. The summed E-state index contributed by atoms with van der Waals surface area (Å²) in [7, 11) is 0. The molecule has 0 saturated carbocycles. The molecule has 0 aliphatic heterocycles. The van der Waals surface area contributed by atoms with Crippen molar-refractivity contribution in [3.63, 3.8) is 0 Å². The van der Waals surface area contributed by atoms with E-state index in [-0.39, 0.29) is 0 Å². The third-order valence-electron chi connectivity index (χ3n) is 3.41. The molecule has 0 amide bonds. The van der Waals surface area contributed by atoms with Gasteiger partial charge in [0.1, 0.15) is 5.76 Å². The Morgan fingerprint density at radius 2 is 1.95 bits per heavy atom. The molecule has 0 aliphatic rings. The van der Waals surface area contributed by atoms with E-state index in [0.29, 0.717) is 11.4 Å². The Hall–Kier alpha value is -2.88. The van der Waals surface area contributed by atoms with Crippen molar-refractivity contribution in [2.75, 3.05) is 5.73 Å². The molecule has 0 bridgehead atoms. The molecule has 4 nitrogen and oxygen atoms in total. The van der Waals surface area contributed by atoms with E-state index in [1.807, 2.05) is 42.6 Å². The Labute approximate surface area is 114 Å². The Balaban J connectivity index is 2.04. The first-order valence-electron chi connectivity index (χ1n) is 6.30. The van der Waals surface area contributed by atoms with Gasteiger partial charge in [-0.3, -0.25) is 4.98 Å². The highest BCUT2D eigenvalue weighted by atomic mass is 16.3. The average molecular weight is 261 g/mol. The molecule has 0 unspecified atom stereocenters. The summed E-state index contributed by atoms with van der Waals surface area (Å²) in [5, 5.41) is 3.14. The zero-order valence-corrected chi connectivity index (χ0v) is 10.6. The van der Waals surface area contributed by atoms with Gasteiger partial charge in [-0.05, 0) is 23.6 Å². The van der Waals surface area contributed by atoms with Crippen LogP contribution in [0.1, 0.15) is 0 Å². The topological polar surface area (TPSA) is 64.9 Å². The van der Waals surface area contributed by atoms with Gasteiger partial charge in [-0.2, -0.15) is 0 Å². The standard InChI is InChI=1S/C16H11N3O/c17-16-15-10(4-7-19-16)8-14(20-15)13-3-1-2-11-9-18-6-5-12(11)13/h1-9H,(H2,17,19). The molecule has 3 aromatic heterocycles. The van der Waals surface area contributed by atoms with Crippen molar-refractivity contribution in [2.24, 2.45) is 0 Å². The molecule has 0 aliphatic carbocycles. The number of hydrogen-bond acceptors (Lipinski definition) is 4. The maximum Gasteiger partial charge on any atom is 0.176 e. The van der Waals surface area contributed by atoms with Crippen LogP contribution in [0.2, 0.25) is 0 Å². The van der Waals surface area contributed by atoms with E-state index in [1.165, 1.54) is 0 Å². The third kappa shape index (κ3) is 1.55. The van der Waals surface area contributed by atoms with Gasteiger partial charge >= 0.3 is 0 Å². The predicted molar refractivity (Wildman–Crippen MR) is 79.2 cm³/mol. The fourth-order valence-corrected chi connectivity index (χ4v) is 2.46. The van der Waals surface area contributed by atoms with Gasteiger partial charge in [-0.1, -0.05) is 18.2 Å². The van der Waals surface area contributed by atoms with Crippen LogP contribution < -0.4 is 5.73 Å². The minimum atomic E-state index is 0.413. The first-order chi connectivity index (χ1) is 9.83. The van der Waals surface area contributed by atoms with Crippen LogP contribution in [-0.2, 0) is 0 Å². The Morgan fingerprint density at radius 1 is 1.00 bits per heavy atom. The van der Waals surface area contributed by atoms with E-state index in [2.05, 4.69) is 9.97 Å². The van der Waals surface area contributed by atoms with Crippen LogP contribution in [0.5, 0.6) is 0 Å². The van der Waals surface area contributed by atoms with Crippen LogP contribution >= 0.6 is 0 Å². The predicted octanol–water partition coefficient (Wildman–Crippen LogP) is 3.63. The summed E-state index contributed by atoms with van der Waals surface area (Å²) < 4.78 is 5.89. The smallest absolute Gasteiger partial charge is 0.176 e. The second-order valence-corrected chi connectivity index (χ2v) is 4.63. The highest BCUT2D eigenvalue weighted by Gasteiger charge is 2.11. The Morgan fingerprint density at radius 3 is 2.85 bits per heavy atom. The summed E-state index contributed by atoms with van der Waals surface area (Å²) in [5.74, 6) is 1.20. The fourth-order valence-electron chi connectivity index (χ4n) is 2.46. The van der Waals surface area contributed by atoms with E-state index < -0.39 is 0 Å². The summed E-state index contributed by atoms with van der Waals surface area (Å²) in [6.45, 7) is 0. The molecule has 2 N–H and O–H groups in total. The number of furan rings is 1. The van der Waals surface area contributed by atoms with Gasteiger partial charge in [-0.25, -0.2) is 4.98 Å². The van der Waals surface area contributed by atoms with Crippen molar-refractivity contribution in [3.05, 3.63) is 55.0 Å². The van der Waals surface area contributed by atoms with Gasteiger partial charge < -0.3 is 10.2 Å². The largest absolute Gasteiger partial charge is 0.452 e. The van der Waals surface area contributed by atoms with Crippen LogP contribution in [0, 0.1) is 0 Å². The molecule has 0 radical (unpaired) electrons. The molecule has 4 rings (SSSR count). The Bertz CT molecular complexity index is 922. The normalized spacial score (nSPS) is 11.2. The quantitative estimate of drug-likeness (QED) is 0.568. The highest BCUT2D eigenvalue weighted by Crippen LogP contribution is 2.33. The van der Waals surface area contributed by atoms with E-state index in [9.17, 15) is 0 Å². The van der Waals surface area contributed by atoms with Gasteiger partial charge in [0.15, 0.2) is 11.4 Å². The lowest BCUT2D eigenvalue weighted by molar-refractivity contribution is 0.632. The number of anilines is 1. The lowest BCUT2D eigenvalue weighted by Crippen LogP contribution is -1.87. The SMILES string of the molecule is Nc1nccc2cc(-c3cccc4cnccc34)oc12. The summed E-state index contributed by atoms with van der Waals surface area (Å²) in [4.78, 5) is 8.19. The molecule has 0 spiro atoms. The zero-order valence-electron chi connectivity index (χ0n) is 10.6. The van der Waals surface area contributed by atoms with Crippen LogP contribution in [0.15, 0.2) is 59.4 Å². The molecule has 0 saturated heterocycles. The van der Waals surface area contributed by atoms with E-state index in [1.54, 1.807) is 12.4 Å². The molecule has 20 heavy (non-hydrogen) atoms. The van der Waals surface area contributed by atoms with Crippen molar-refractivity contribution in [1.29, 1.82) is 0 Å². The van der Waals surface area contributed by atoms with Crippen molar-refractivity contribution in [1.82, 2.24) is 9.97 Å². The van der Waals surface area contributed by atoms with Crippen LogP contribution in [-0.4, -0.2) is 9.97 Å². The maximum absolute atomic E-state index is 5.89. The average Bonchev–Trinajstić information content (AvgIpc) is 2.92. The molecule has 0 atom stereocenters. The number of hydrogen-bond donors (Lipinski definition) is 1. The first-order valence-corrected chi connectivity index (χ1v) is 6.30. The second kappa shape index (κ2) is 4.06. The molecule has 4 heteroatoms. The summed E-state index contributed by atoms with van der Waals surface area (Å²) in [6.07, 6.45) is 5.31. The number of fused-ring (bicyclic) bond motifs is 2. The Kier molecular flexibility index (Phi) is 2.23.